The van der Waals surface area contributed by atoms with Crippen LogP contribution < -0.4 is 0 Å². The Hall–Kier alpha value is -4.14. The van der Waals surface area contributed by atoms with E-state index in [9.17, 15) is 29.3 Å². The van der Waals surface area contributed by atoms with Gasteiger partial charge in [-0.15, -0.1) is 0 Å². The minimum atomic E-state index is -1.12. The van der Waals surface area contributed by atoms with Gasteiger partial charge in [-0.1, -0.05) is 49.4 Å². The molecule has 2 aromatic rings. The first-order valence-corrected chi connectivity index (χ1v) is 11.0. The van der Waals surface area contributed by atoms with Crippen molar-refractivity contribution in [3.8, 4) is 0 Å². The molecule has 2 aliphatic rings. The highest BCUT2D eigenvalue weighted by atomic mass is 16.6. The normalized spacial score (nSPS) is 20.1. The number of fused-ring (bicyclic) bond motifs is 1. The molecule has 3 atom stereocenters. The van der Waals surface area contributed by atoms with E-state index in [4.69, 9.17) is 0 Å². The third-order valence-corrected chi connectivity index (χ3v) is 6.28. The van der Waals surface area contributed by atoms with Crippen molar-refractivity contribution in [3.05, 3.63) is 88.0 Å². The summed E-state index contributed by atoms with van der Waals surface area (Å²) < 4.78 is 0. The van der Waals surface area contributed by atoms with Crippen LogP contribution in [0, 0.1) is 22.0 Å². The minimum absolute atomic E-state index is 0.0264. The zero-order valence-corrected chi connectivity index (χ0v) is 18.5. The van der Waals surface area contributed by atoms with Gasteiger partial charge in [-0.2, -0.15) is 5.01 Å². The molecule has 0 aromatic heterocycles. The fraction of sp³-hybridized carbons (Fsp3) is 0.280. The SMILES string of the molecule is CC[C@H](C(=O)c1ccccc1)N(C(=O)c1ccc([N+](=O)[O-])cc1)N1C(=O)[C@H]2CC=CC[C@H]2C1=O. The number of ketones is 1. The molecule has 0 N–H and O–H groups in total. The van der Waals surface area contributed by atoms with E-state index in [0.29, 0.717) is 18.4 Å². The molecule has 2 aromatic carbocycles. The number of allylic oxidation sites excluding steroid dienone is 2. The highest BCUT2D eigenvalue weighted by molar-refractivity contribution is 6.10. The van der Waals surface area contributed by atoms with Gasteiger partial charge in [-0.25, -0.2) is 5.01 Å². The molecule has 174 valence electrons. The van der Waals surface area contributed by atoms with E-state index in [1.807, 2.05) is 12.2 Å². The molecule has 0 bridgehead atoms. The van der Waals surface area contributed by atoms with Crippen LogP contribution in [0.4, 0.5) is 5.69 Å². The molecule has 9 heteroatoms. The monoisotopic (exact) mass is 461 g/mol. The number of benzene rings is 2. The Balaban J connectivity index is 1.78. The highest BCUT2D eigenvalue weighted by Gasteiger charge is 2.52. The maximum atomic E-state index is 13.7. The summed E-state index contributed by atoms with van der Waals surface area (Å²) in [5, 5.41) is 12.8. The molecule has 9 nitrogen and oxygen atoms in total. The quantitative estimate of drug-likeness (QED) is 0.205. The Morgan fingerprint density at radius 3 is 2.03 bits per heavy atom. The largest absolute Gasteiger partial charge is 0.292 e. The summed E-state index contributed by atoms with van der Waals surface area (Å²) in [5.41, 5.74) is 0.161. The van der Waals surface area contributed by atoms with Gasteiger partial charge in [0.15, 0.2) is 5.78 Å². The lowest BCUT2D eigenvalue weighted by molar-refractivity contribution is -0.384. The maximum Gasteiger partial charge on any atom is 0.273 e. The summed E-state index contributed by atoms with van der Waals surface area (Å²) in [4.78, 5) is 64.2. The van der Waals surface area contributed by atoms with E-state index in [0.717, 1.165) is 10.0 Å². The van der Waals surface area contributed by atoms with Gasteiger partial charge < -0.3 is 0 Å². The van der Waals surface area contributed by atoms with Gasteiger partial charge in [-0.3, -0.25) is 29.3 Å². The van der Waals surface area contributed by atoms with Crippen LogP contribution in [0.25, 0.3) is 0 Å². The summed E-state index contributed by atoms with van der Waals surface area (Å²) in [5.74, 6) is -3.38. The smallest absolute Gasteiger partial charge is 0.273 e. The Bertz CT molecular complexity index is 1150. The van der Waals surface area contributed by atoms with Crippen LogP contribution in [-0.2, 0) is 9.59 Å². The van der Waals surface area contributed by atoms with E-state index in [-0.39, 0.29) is 17.7 Å². The molecular weight excluding hydrogens is 438 g/mol. The number of hydrogen-bond donors (Lipinski definition) is 0. The van der Waals surface area contributed by atoms with Crippen molar-refractivity contribution in [2.45, 2.75) is 32.2 Å². The fourth-order valence-corrected chi connectivity index (χ4v) is 4.49. The molecule has 0 saturated carbocycles. The zero-order chi connectivity index (χ0) is 24.4. The molecule has 1 aliphatic heterocycles. The molecule has 1 fully saturated rings. The molecule has 1 saturated heterocycles. The first kappa shape index (κ1) is 23.0. The average molecular weight is 461 g/mol. The first-order chi connectivity index (χ1) is 16.3. The lowest BCUT2D eigenvalue weighted by Gasteiger charge is -2.36. The van der Waals surface area contributed by atoms with Crippen LogP contribution in [0.1, 0.15) is 46.9 Å². The van der Waals surface area contributed by atoms with Crippen LogP contribution in [0.3, 0.4) is 0 Å². The standard InChI is InChI=1S/C25H23N3O6/c1-2-21(22(29)16-8-4-3-5-9-16)26(23(30)17-12-14-18(15-13-17)28(33)34)27-24(31)19-10-6-7-11-20(19)25(27)32/h3-9,12-15,19-21H,2,10-11H2,1H3/t19-,20+,21-/m1/s1. The number of carbonyl (C=O) groups is 4. The van der Waals surface area contributed by atoms with Gasteiger partial charge in [-0.05, 0) is 31.4 Å². The van der Waals surface area contributed by atoms with E-state index in [1.54, 1.807) is 37.3 Å². The Morgan fingerprint density at radius 1 is 0.971 bits per heavy atom. The van der Waals surface area contributed by atoms with Gasteiger partial charge in [0.05, 0.1) is 16.8 Å². The summed E-state index contributed by atoms with van der Waals surface area (Å²) >= 11 is 0. The second kappa shape index (κ2) is 9.38. The molecule has 0 unspecified atom stereocenters. The lowest BCUT2D eigenvalue weighted by atomic mass is 9.85. The first-order valence-electron chi connectivity index (χ1n) is 11.0. The number of carbonyl (C=O) groups excluding carboxylic acids is 4. The van der Waals surface area contributed by atoms with Crippen molar-refractivity contribution in [2.75, 3.05) is 0 Å². The number of Topliss-reactive ketones (excluding diaryl/α,β-unsaturated/α-hetero) is 1. The van der Waals surface area contributed by atoms with Crippen molar-refractivity contribution in [2.24, 2.45) is 11.8 Å². The Kier molecular flexibility index (Phi) is 6.36. The van der Waals surface area contributed by atoms with Crippen LogP contribution in [0.2, 0.25) is 0 Å². The molecule has 34 heavy (non-hydrogen) atoms. The summed E-state index contributed by atoms with van der Waals surface area (Å²) in [6.45, 7) is 1.70. The summed E-state index contributed by atoms with van der Waals surface area (Å²) in [6, 6.07) is 12.1. The van der Waals surface area contributed by atoms with Crippen molar-refractivity contribution < 1.29 is 24.1 Å². The maximum absolute atomic E-state index is 13.7. The van der Waals surface area contributed by atoms with E-state index < -0.39 is 46.3 Å². The number of hydrogen-bond acceptors (Lipinski definition) is 6. The number of amides is 3. The summed E-state index contributed by atoms with van der Waals surface area (Å²) in [6.07, 6.45) is 4.59. The van der Waals surface area contributed by atoms with Crippen LogP contribution >= 0.6 is 0 Å². The van der Waals surface area contributed by atoms with Crippen molar-refractivity contribution in [1.82, 2.24) is 10.0 Å². The van der Waals surface area contributed by atoms with E-state index in [2.05, 4.69) is 0 Å². The molecular formula is C25H23N3O6. The van der Waals surface area contributed by atoms with Crippen LogP contribution in [-0.4, -0.2) is 44.5 Å². The van der Waals surface area contributed by atoms with Crippen molar-refractivity contribution >= 4 is 29.2 Å². The lowest BCUT2D eigenvalue weighted by Crippen LogP contribution is -2.57. The third kappa shape index (κ3) is 4.00. The number of nitrogens with zero attached hydrogens (tertiary/aromatic N) is 3. The van der Waals surface area contributed by atoms with Gasteiger partial charge in [0, 0.05) is 23.3 Å². The van der Waals surface area contributed by atoms with Gasteiger partial charge in [0.1, 0.15) is 6.04 Å². The number of imide groups is 1. The highest BCUT2D eigenvalue weighted by Crippen LogP contribution is 2.37. The van der Waals surface area contributed by atoms with Gasteiger partial charge >= 0.3 is 0 Å². The molecule has 4 rings (SSSR count). The van der Waals surface area contributed by atoms with Gasteiger partial charge in [0.2, 0.25) is 0 Å². The second-order valence-electron chi connectivity index (χ2n) is 8.25. The Labute approximate surface area is 195 Å². The topological polar surface area (TPSA) is 118 Å². The molecule has 0 spiro atoms. The predicted molar refractivity (Wildman–Crippen MR) is 121 cm³/mol. The number of nitro benzene ring substituents is 1. The number of nitro groups is 1. The molecule has 3 amide bonds. The van der Waals surface area contributed by atoms with E-state index >= 15 is 0 Å². The van der Waals surface area contributed by atoms with Gasteiger partial charge in [0.25, 0.3) is 23.4 Å². The third-order valence-electron chi connectivity index (χ3n) is 6.28. The van der Waals surface area contributed by atoms with Crippen molar-refractivity contribution in [1.29, 1.82) is 0 Å². The minimum Gasteiger partial charge on any atom is -0.292 e. The Morgan fingerprint density at radius 2 is 1.53 bits per heavy atom. The van der Waals surface area contributed by atoms with Crippen LogP contribution in [0.15, 0.2) is 66.7 Å². The average Bonchev–Trinajstić information content (AvgIpc) is 3.12. The van der Waals surface area contributed by atoms with Crippen LogP contribution in [0.5, 0.6) is 0 Å². The predicted octanol–water partition coefficient (Wildman–Crippen LogP) is 3.56. The second-order valence-corrected chi connectivity index (χ2v) is 8.25. The zero-order valence-electron chi connectivity index (χ0n) is 18.5. The fourth-order valence-electron chi connectivity index (χ4n) is 4.49. The van der Waals surface area contributed by atoms with E-state index in [1.165, 1.54) is 24.3 Å². The van der Waals surface area contributed by atoms with Crippen molar-refractivity contribution in [3.63, 3.8) is 0 Å². The number of non-ortho nitro benzene ring substituents is 1. The number of hydrazine groups is 1. The number of rotatable bonds is 7. The molecule has 1 aliphatic carbocycles. The summed E-state index contributed by atoms with van der Waals surface area (Å²) in [7, 11) is 0. The molecule has 0 radical (unpaired) electrons. The molecule has 1 heterocycles.